The number of rotatable bonds is 5. The van der Waals surface area contributed by atoms with Crippen LogP contribution >= 0.6 is 11.6 Å². The van der Waals surface area contributed by atoms with Crippen molar-refractivity contribution in [2.75, 3.05) is 6.54 Å². The summed E-state index contributed by atoms with van der Waals surface area (Å²) in [5.41, 5.74) is 6.13. The van der Waals surface area contributed by atoms with E-state index in [1.165, 1.54) is 6.07 Å². The van der Waals surface area contributed by atoms with Crippen LogP contribution in [0.2, 0.25) is 5.02 Å². The lowest BCUT2D eigenvalue weighted by molar-refractivity contribution is -0.138. The van der Waals surface area contributed by atoms with Crippen molar-refractivity contribution >= 4 is 17.6 Å². The lowest BCUT2D eigenvalue weighted by atomic mass is 9.71. The summed E-state index contributed by atoms with van der Waals surface area (Å²) < 4.78 is 0. The maximum Gasteiger partial charge on any atom is 0.304 e. The van der Waals surface area contributed by atoms with E-state index in [0.717, 1.165) is 0 Å². The van der Waals surface area contributed by atoms with Gasteiger partial charge in [0.15, 0.2) is 0 Å². The van der Waals surface area contributed by atoms with Crippen molar-refractivity contribution in [1.82, 2.24) is 0 Å². The highest BCUT2D eigenvalue weighted by Crippen LogP contribution is 2.39. The molecule has 0 bridgehead atoms. The Morgan fingerprint density at radius 1 is 1.14 bits per heavy atom. The Hall–Kier alpha value is -2.04. The molecule has 0 radical (unpaired) electrons. The van der Waals surface area contributed by atoms with Crippen LogP contribution in [0.4, 0.5) is 0 Å². The maximum absolute atomic E-state index is 11.3. The number of phenolic OH excluding ortho intramolecular Hbond substituents is 1. The highest BCUT2D eigenvalue weighted by molar-refractivity contribution is 6.30. The van der Waals surface area contributed by atoms with Crippen LogP contribution in [0, 0.1) is 0 Å². The summed E-state index contributed by atoms with van der Waals surface area (Å²) in [4.78, 5) is 11.3. The van der Waals surface area contributed by atoms with Crippen molar-refractivity contribution in [1.29, 1.82) is 0 Å². The van der Waals surface area contributed by atoms with Crippen molar-refractivity contribution in [3.63, 3.8) is 0 Å². The molecule has 21 heavy (non-hydrogen) atoms. The van der Waals surface area contributed by atoms with E-state index in [2.05, 4.69) is 0 Å². The number of hydrogen-bond donors (Lipinski definition) is 3. The predicted molar refractivity (Wildman–Crippen MR) is 81.6 cm³/mol. The van der Waals surface area contributed by atoms with Gasteiger partial charge in [-0.25, -0.2) is 0 Å². The zero-order valence-electron chi connectivity index (χ0n) is 11.3. The van der Waals surface area contributed by atoms with Gasteiger partial charge in [0.1, 0.15) is 5.75 Å². The number of carbonyl (C=O) groups is 1. The third-order valence-electron chi connectivity index (χ3n) is 3.62. The van der Waals surface area contributed by atoms with Crippen LogP contribution in [0.1, 0.15) is 17.5 Å². The van der Waals surface area contributed by atoms with Gasteiger partial charge in [0.05, 0.1) is 6.42 Å². The zero-order valence-corrected chi connectivity index (χ0v) is 12.0. The van der Waals surface area contributed by atoms with Crippen molar-refractivity contribution < 1.29 is 15.0 Å². The largest absolute Gasteiger partial charge is 0.508 e. The Morgan fingerprint density at radius 3 is 2.29 bits per heavy atom. The molecule has 0 aliphatic heterocycles. The van der Waals surface area contributed by atoms with Gasteiger partial charge in [-0.15, -0.1) is 0 Å². The Labute approximate surface area is 127 Å². The third-order valence-corrected chi connectivity index (χ3v) is 3.87. The number of aromatic hydroxyl groups is 1. The quantitative estimate of drug-likeness (QED) is 0.793. The van der Waals surface area contributed by atoms with E-state index < -0.39 is 11.4 Å². The molecule has 2 rings (SSSR count). The number of hydrogen-bond acceptors (Lipinski definition) is 3. The minimum Gasteiger partial charge on any atom is -0.508 e. The molecular weight excluding hydrogens is 290 g/mol. The smallest absolute Gasteiger partial charge is 0.304 e. The SMILES string of the molecule is NCC(CC(=O)O)(c1ccc(Cl)cc1)c1ccccc1O. The zero-order chi connectivity index (χ0) is 15.5. The minimum absolute atomic E-state index is 0.0270. The molecule has 4 nitrogen and oxygen atoms in total. The number of benzene rings is 2. The number of halogens is 1. The van der Waals surface area contributed by atoms with Gasteiger partial charge in [0, 0.05) is 22.5 Å². The lowest BCUT2D eigenvalue weighted by Gasteiger charge is -2.33. The maximum atomic E-state index is 11.3. The van der Waals surface area contributed by atoms with Crippen LogP contribution in [0.25, 0.3) is 0 Å². The second-order valence-corrected chi connectivity index (χ2v) is 5.32. The molecule has 110 valence electrons. The molecule has 0 fully saturated rings. The molecule has 0 aliphatic carbocycles. The van der Waals surface area contributed by atoms with E-state index in [-0.39, 0.29) is 18.7 Å². The average molecular weight is 306 g/mol. The molecule has 2 aromatic carbocycles. The van der Waals surface area contributed by atoms with E-state index in [0.29, 0.717) is 16.1 Å². The fourth-order valence-corrected chi connectivity index (χ4v) is 2.68. The summed E-state index contributed by atoms with van der Waals surface area (Å²) in [6.45, 7) is 0.0541. The monoisotopic (exact) mass is 305 g/mol. The van der Waals surface area contributed by atoms with Crippen molar-refractivity contribution in [2.45, 2.75) is 11.8 Å². The molecule has 0 saturated heterocycles. The Balaban J connectivity index is 2.66. The van der Waals surface area contributed by atoms with Crippen LogP contribution in [-0.2, 0) is 10.2 Å². The van der Waals surface area contributed by atoms with Crippen LogP contribution in [0.5, 0.6) is 5.75 Å². The van der Waals surface area contributed by atoms with E-state index in [1.807, 2.05) is 0 Å². The Bertz CT molecular complexity index is 642. The predicted octanol–water partition coefficient (Wildman–Crippen LogP) is 2.77. The second-order valence-electron chi connectivity index (χ2n) is 4.88. The van der Waals surface area contributed by atoms with E-state index in [1.54, 1.807) is 42.5 Å². The normalized spacial score (nSPS) is 13.6. The number of phenols is 1. The number of para-hydroxylation sites is 1. The summed E-state index contributed by atoms with van der Waals surface area (Å²) in [5.74, 6) is -0.960. The molecule has 5 heteroatoms. The summed E-state index contributed by atoms with van der Waals surface area (Å²) >= 11 is 5.89. The Morgan fingerprint density at radius 2 is 1.76 bits per heavy atom. The van der Waals surface area contributed by atoms with Crippen molar-refractivity contribution in [3.05, 3.63) is 64.7 Å². The van der Waals surface area contributed by atoms with Gasteiger partial charge in [-0.05, 0) is 23.8 Å². The average Bonchev–Trinajstić information content (AvgIpc) is 2.46. The topological polar surface area (TPSA) is 83.6 Å². The first-order valence-corrected chi connectivity index (χ1v) is 6.84. The molecule has 0 aliphatic rings. The molecular formula is C16H16ClNO3. The fourth-order valence-electron chi connectivity index (χ4n) is 2.56. The van der Waals surface area contributed by atoms with E-state index in [4.69, 9.17) is 17.3 Å². The van der Waals surface area contributed by atoms with Gasteiger partial charge >= 0.3 is 5.97 Å². The molecule has 0 heterocycles. The first kappa shape index (κ1) is 15.4. The van der Waals surface area contributed by atoms with Gasteiger partial charge in [0.2, 0.25) is 0 Å². The molecule has 2 aromatic rings. The van der Waals surface area contributed by atoms with E-state index in [9.17, 15) is 15.0 Å². The van der Waals surface area contributed by atoms with Crippen molar-refractivity contribution in [3.8, 4) is 5.75 Å². The van der Waals surface area contributed by atoms with Gasteiger partial charge in [-0.2, -0.15) is 0 Å². The molecule has 4 N–H and O–H groups in total. The molecule has 0 aromatic heterocycles. The van der Waals surface area contributed by atoms with Gasteiger partial charge in [-0.3, -0.25) is 4.79 Å². The van der Waals surface area contributed by atoms with Gasteiger partial charge in [0.25, 0.3) is 0 Å². The Kier molecular flexibility index (Phi) is 4.50. The first-order chi connectivity index (χ1) is 9.99. The number of carboxylic acid groups (broad SMARTS) is 1. The third kappa shape index (κ3) is 3.01. The molecule has 0 saturated carbocycles. The summed E-state index contributed by atoms with van der Waals surface area (Å²) in [7, 11) is 0. The van der Waals surface area contributed by atoms with Crippen LogP contribution in [0.3, 0.4) is 0 Å². The van der Waals surface area contributed by atoms with Gasteiger partial charge < -0.3 is 15.9 Å². The van der Waals surface area contributed by atoms with Crippen LogP contribution in [-0.4, -0.2) is 22.7 Å². The first-order valence-electron chi connectivity index (χ1n) is 6.46. The highest BCUT2D eigenvalue weighted by Gasteiger charge is 2.37. The highest BCUT2D eigenvalue weighted by atomic mass is 35.5. The molecule has 1 atom stereocenters. The number of nitrogens with two attached hydrogens (primary N) is 1. The number of aliphatic carboxylic acids is 1. The lowest BCUT2D eigenvalue weighted by Crippen LogP contribution is -2.38. The second kappa shape index (κ2) is 6.16. The summed E-state index contributed by atoms with van der Waals surface area (Å²) in [5, 5.41) is 20.0. The molecule has 0 spiro atoms. The van der Waals surface area contributed by atoms with E-state index >= 15 is 0 Å². The van der Waals surface area contributed by atoms with Gasteiger partial charge in [-0.1, -0.05) is 41.9 Å². The summed E-state index contributed by atoms with van der Waals surface area (Å²) in [6, 6.07) is 13.5. The van der Waals surface area contributed by atoms with Crippen LogP contribution < -0.4 is 5.73 Å². The fraction of sp³-hybridized carbons (Fsp3) is 0.188. The molecule has 1 unspecified atom stereocenters. The standard InChI is InChI=1S/C16H16ClNO3/c17-12-7-5-11(6-8-12)16(10-18,9-15(20)21)13-3-1-2-4-14(13)19/h1-8,19H,9-10,18H2,(H,20,21). The number of carboxylic acids is 1. The summed E-state index contributed by atoms with van der Waals surface area (Å²) in [6.07, 6.45) is -0.220. The van der Waals surface area contributed by atoms with Crippen LogP contribution in [0.15, 0.2) is 48.5 Å². The van der Waals surface area contributed by atoms with Crippen molar-refractivity contribution in [2.24, 2.45) is 5.73 Å². The minimum atomic E-state index is -0.998. The molecule has 0 amide bonds.